The summed E-state index contributed by atoms with van der Waals surface area (Å²) in [6, 6.07) is 166. The predicted octanol–water partition coefficient (Wildman–Crippen LogP) is 18.6. The number of aromatic nitrogens is 8. The van der Waals surface area contributed by atoms with E-state index in [2.05, 4.69) is 401 Å². The van der Waals surface area contributed by atoms with Gasteiger partial charge in [0.05, 0.1) is 22.1 Å². The third kappa shape index (κ3) is 14.6. The van der Waals surface area contributed by atoms with Crippen molar-refractivity contribution in [2.45, 2.75) is 0 Å². The van der Waals surface area contributed by atoms with E-state index in [1.165, 1.54) is 57.9 Å². The highest BCUT2D eigenvalue weighted by molar-refractivity contribution is 9.10. The molecule has 0 fully saturated rings. The Balaban J connectivity index is 0.000000133. The summed E-state index contributed by atoms with van der Waals surface area (Å²) in [5.74, 6) is 6.69. The summed E-state index contributed by atoms with van der Waals surface area (Å²) in [6.45, 7) is -1.04. The zero-order valence-electron chi connectivity index (χ0n) is 70.3. The van der Waals surface area contributed by atoms with E-state index >= 15 is 0 Å². The predicted molar refractivity (Wildman–Crippen MR) is 542 cm³/mol. The van der Waals surface area contributed by atoms with Crippen molar-refractivity contribution in [2.24, 2.45) is 0 Å². The Labute approximate surface area is 763 Å². The first-order chi connectivity index (χ1) is 64.3. The van der Waals surface area contributed by atoms with Gasteiger partial charge in [-0.2, -0.15) is 19.9 Å². The largest absolute Gasteiger partial charge is 0.458 e. The molecule has 0 unspecified atom stereocenters. The van der Waals surface area contributed by atoms with Crippen LogP contribution in [-0.2, 0) is 0 Å². The molecule has 2 aliphatic heterocycles. The van der Waals surface area contributed by atoms with E-state index < -0.39 is 23.1 Å². The Morgan fingerprint density at radius 1 is 0.231 bits per heavy atom. The van der Waals surface area contributed by atoms with E-state index in [4.69, 9.17) is 39.4 Å². The zero-order chi connectivity index (χ0) is 86.9. The lowest BCUT2D eigenvalue weighted by atomic mass is 9.36. The Hall–Kier alpha value is -15.8. The van der Waals surface area contributed by atoms with Crippen molar-refractivity contribution >= 4 is 158 Å². The van der Waals surface area contributed by atoms with E-state index in [-0.39, 0.29) is 6.71 Å². The summed E-state index contributed by atoms with van der Waals surface area (Å²) in [6.07, 6.45) is 0. The molecule has 0 bridgehead atoms. The number of hydrogen-bond donors (Lipinski definition) is 0. The summed E-state index contributed by atoms with van der Waals surface area (Å²) < 4.78 is 31.5. The Morgan fingerprint density at radius 3 is 0.831 bits per heavy atom. The number of halogens is 2. The van der Waals surface area contributed by atoms with E-state index in [0.29, 0.717) is 57.6 Å². The lowest BCUT2D eigenvalue weighted by Crippen LogP contribution is -2.75. The van der Waals surface area contributed by atoms with Gasteiger partial charge in [0.2, 0.25) is 11.9 Å². The third-order valence-electron chi connectivity index (χ3n) is 25.0. The summed E-state index contributed by atoms with van der Waals surface area (Å²) in [5.41, 5.74) is 12.7. The first-order valence-corrected chi connectivity index (χ1v) is 48.4. The maximum atomic E-state index is 14.1. The van der Waals surface area contributed by atoms with Gasteiger partial charge in [0.15, 0.2) is 39.4 Å². The molecule has 0 N–H and O–H groups in total. The van der Waals surface area contributed by atoms with Crippen LogP contribution >= 0.6 is 15.9 Å². The van der Waals surface area contributed by atoms with Gasteiger partial charge in [-0.3, -0.25) is 9.13 Å². The van der Waals surface area contributed by atoms with E-state index in [0.717, 1.165) is 81.8 Å². The van der Waals surface area contributed by atoms with E-state index in [1.54, 1.807) is 24.3 Å². The number of ether oxygens (including phenoxy) is 2. The van der Waals surface area contributed by atoms with Crippen LogP contribution in [0.5, 0.6) is 23.0 Å². The van der Waals surface area contributed by atoms with E-state index in [1.807, 2.05) is 72.8 Å². The number of hydrogen-bond acceptors (Lipinski definition) is 8. The van der Waals surface area contributed by atoms with Gasteiger partial charge in [-0.1, -0.05) is 434 Å². The minimum absolute atomic E-state index is 0.0365. The van der Waals surface area contributed by atoms with Crippen molar-refractivity contribution in [2.75, 3.05) is 0 Å². The second kappa shape index (κ2) is 34.8. The first kappa shape index (κ1) is 80.0. The van der Waals surface area contributed by atoms with Crippen LogP contribution in [-0.4, -0.2) is 68.9 Å². The molecule has 0 spiro atoms. The number of fused-ring (bicyclic) bond motifs is 10. The number of rotatable bonds is 15. The van der Waals surface area contributed by atoms with Crippen LogP contribution in [0.3, 0.4) is 0 Å². The Bertz CT molecular complexity index is 7650. The van der Waals surface area contributed by atoms with Crippen molar-refractivity contribution in [1.82, 2.24) is 39.0 Å². The highest BCUT2D eigenvalue weighted by atomic mass is 79.9. The van der Waals surface area contributed by atoms with Gasteiger partial charge in [0, 0.05) is 59.2 Å². The zero-order valence-corrected chi connectivity index (χ0v) is 73.9. The molecule has 10 nitrogen and oxygen atoms in total. The molecule has 22 aromatic rings. The van der Waals surface area contributed by atoms with Crippen LogP contribution in [0, 0.1) is 0 Å². The second-order valence-electron chi connectivity index (χ2n) is 32.4. The van der Waals surface area contributed by atoms with Crippen LogP contribution in [0.1, 0.15) is 0 Å². The molecule has 0 amide bonds. The third-order valence-corrected chi connectivity index (χ3v) is 35.1. The monoisotopic (exact) mass is 1770 g/mol. The standard InChI is InChI=1S/C57H39BN4OSi.C45H31BrN4Si.C12H8BFO/c1-4-19-40(20-5-1)55-59-56(61-57(60-55)62-51-31-14-10-27-47(51)48-28-11-15-32-52(48)62)41-21-18-26-46(39-41)64(43-22-6-2-7-23-43,44-24-8-3-9-25-44)45-37-35-42(36-38-45)58-49-29-12-16-33-53(49)63-54-34-17-13-30-50(54)58;46-34-27-29-37(30-28-34)51(35-18-6-2-7-19-35,36-20-8-3-9-21-36)38-22-14-17-33(31-38)44-47-43(32-15-4-1-5-16-32)48-45(49-44)50-41-25-12-10-23-39(41)40-24-11-13-26-42(40)50;14-13-9-5-1-3-7-11(9)15-12-8-4-2-6-10(12)13/h1-39H;1-31H;1-8H. The number of nitrogens with zero attached hydrogens (tertiary/aromatic N) is 8. The molecule has 614 valence electrons. The molecule has 0 radical (unpaired) electrons. The van der Waals surface area contributed by atoms with Gasteiger partial charge in [-0.15, -0.1) is 0 Å². The molecule has 130 heavy (non-hydrogen) atoms. The maximum absolute atomic E-state index is 14.1. The van der Waals surface area contributed by atoms with Gasteiger partial charge < -0.3 is 13.8 Å². The van der Waals surface area contributed by atoms with Crippen LogP contribution < -0.4 is 78.3 Å². The quantitative estimate of drug-likeness (QED) is 0.0738. The lowest BCUT2D eigenvalue weighted by molar-refractivity contribution is 0.485. The molecule has 6 heterocycles. The van der Waals surface area contributed by atoms with Crippen LogP contribution in [0.4, 0.5) is 4.32 Å². The van der Waals surface area contributed by atoms with E-state index in [9.17, 15) is 4.32 Å². The van der Waals surface area contributed by atoms with Crippen molar-refractivity contribution in [3.8, 4) is 80.4 Å². The van der Waals surface area contributed by atoms with Gasteiger partial charge in [0.1, 0.15) is 23.0 Å². The van der Waals surface area contributed by atoms with Crippen molar-refractivity contribution in [3.63, 3.8) is 0 Å². The SMILES string of the molecule is Brc1ccc([Si](c2ccccc2)(c2ccccc2)c2cccc(-c3nc(-c4ccccc4)nc(-n4c5ccccc5c5ccccc54)n3)c2)cc1.FB1c2ccccc2Oc2ccccc21.c1ccc(-c2nc(-c3cccc([Si](c4ccccc4)(c4ccccc4)c4ccc(B5c6ccccc6Oc6ccccc65)cc4)c3)nc(-n3c4ccccc4c4ccccc43)n2)cc1. The molecule has 16 heteroatoms. The molecule has 4 aromatic heterocycles. The van der Waals surface area contributed by atoms with Crippen LogP contribution in [0.25, 0.3) is 101 Å². The smallest absolute Gasteiger partial charge is 0.421 e. The van der Waals surface area contributed by atoms with Crippen molar-refractivity contribution in [3.05, 3.63) is 478 Å². The van der Waals surface area contributed by atoms with Crippen LogP contribution in [0.15, 0.2) is 478 Å². The molecule has 2 aliphatic rings. The minimum atomic E-state index is -3.00. The Morgan fingerprint density at radius 2 is 0.485 bits per heavy atom. The fourth-order valence-corrected chi connectivity index (χ4v) is 29.0. The maximum Gasteiger partial charge on any atom is 0.421 e. The summed E-state index contributed by atoms with van der Waals surface area (Å²) in [7, 11) is -5.80. The summed E-state index contributed by atoms with van der Waals surface area (Å²) in [5, 5.41) is 14.9. The van der Waals surface area contributed by atoms with Crippen molar-refractivity contribution in [1.29, 1.82) is 0 Å². The average Bonchev–Trinajstić information content (AvgIpc) is 1.28. The summed E-state index contributed by atoms with van der Waals surface area (Å²) >= 11 is 3.69. The normalized spacial score (nSPS) is 12.0. The van der Waals surface area contributed by atoms with Crippen LogP contribution in [0.2, 0.25) is 0 Å². The number of benzene rings is 18. The fraction of sp³-hybridized carbons (Fsp3) is 0. The first-order valence-electron chi connectivity index (χ1n) is 43.6. The van der Waals surface area contributed by atoms with Crippen molar-refractivity contribution < 1.29 is 13.8 Å². The number of para-hydroxylation sites is 8. The molecular formula is C114H78B2BrFN8O2Si2. The molecule has 18 aromatic carbocycles. The highest BCUT2D eigenvalue weighted by Crippen LogP contribution is 2.36. The fourth-order valence-electron chi connectivity index (χ4n) is 19.2. The molecule has 0 aliphatic carbocycles. The molecule has 0 atom stereocenters. The molecule has 0 saturated heterocycles. The second-order valence-corrected chi connectivity index (χ2v) is 41.0. The topological polar surface area (TPSA) is 106 Å². The minimum Gasteiger partial charge on any atom is -0.458 e. The highest BCUT2D eigenvalue weighted by Gasteiger charge is 2.44. The molecular weight excluding hydrogens is 1690 g/mol. The van der Waals surface area contributed by atoms with Gasteiger partial charge in [-0.05, 0) is 113 Å². The molecule has 0 saturated carbocycles. The van der Waals surface area contributed by atoms with Gasteiger partial charge >= 0.3 is 6.99 Å². The summed E-state index contributed by atoms with van der Waals surface area (Å²) in [4.78, 5) is 31.4. The average molecular weight is 1770 g/mol. The van der Waals surface area contributed by atoms with Gasteiger partial charge in [-0.25, -0.2) is 9.97 Å². The lowest BCUT2D eigenvalue weighted by Gasteiger charge is -2.35. The van der Waals surface area contributed by atoms with Gasteiger partial charge in [0.25, 0.3) is 6.71 Å². The Kier molecular flexibility index (Phi) is 21.4. The molecule has 24 rings (SSSR count).